The lowest BCUT2D eigenvalue weighted by Crippen LogP contribution is -2.34. The molecule has 0 aromatic carbocycles. The quantitative estimate of drug-likeness (QED) is 0.311. The van der Waals surface area contributed by atoms with Gasteiger partial charge in [0.15, 0.2) is 0 Å². The van der Waals surface area contributed by atoms with E-state index >= 15 is 0 Å². The Morgan fingerprint density at radius 3 is 2.67 bits per heavy atom. The van der Waals surface area contributed by atoms with Gasteiger partial charge in [0.1, 0.15) is 0 Å². The van der Waals surface area contributed by atoms with E-state index in [9.17, 15) is 0 Å². The molecular weight excluding hydrogens is 118 g/mol. The van der Waals surface area contributed by atoms with Gasteiger partial charge in [-0.3, -0.25) is 11.3 Å². The van der Waals surface area contributed by atoms with Gasteiger partial charge in [0.05, 0.1) is 6.61 Å². The van der Waals surface area contributed by atoms with Gasteiger partial charge in [-0.15, -0.1) is 0 Å². The van der Waals surface area contributed by atoms with Crippen molar-refractivity contribution in [1.82, 2.24) is 10.3 Å². The van der Waals surface area contributed by atoms with Crippen molar-refractivity contribution in [3.8, 4) is 0 Å². The van der Waals surface area contributed by atoms with E-state index in [-0.39, 0.29) is 6.61 Å². The second-order valence-electron chi connectivity index (χ2n) is 1.98. The Hall–Kier alpha value is -0.160. The van der Waals surface area contributed by atoms with Gasteiger partial charge in [-0.1, -0.05) is 0 Å². The standard InChI is InChI=1S/C5H15N3O/c1-8(4-5-9)3-2-7-6/h7,9H,2-6H2,1H3. The number of nitrogens with two attached hydrogens (primary N) is 1. The zero-order chi connectivity index (χ0) is 7.11. The van der Waals surface area contributed by atoms with Crippen molar-refractivity contribution in [3.63, 3.8) is 0 Å². The van der Waals surface area contributed by atoms with Gasteiger partial charge in [0.25, 0.3) is 0 Å². The van der Waals surface area contributed by atoms with Crippen LogP contribution in [0.5, 0.6) is 0 Å². The Kier molecular flexibility index (Phi) is 5.86. The normalized spacial score (nSPS) is 10.7. The topological polar surface area (TPSA) is 61.5 Å². The monoisotopic (exact) mass is 133 g/mol. The van der Waals surface area contributed by atoms with Gasteiger partial charge in [0.2, 0.25) is 0 Å². The van der Waals surface area contributed by atoms with Crippen LogP contribution in [0, 0.1) is 0 Å². The van der Waals surface area contributed by atoms with Gasteiger partial charge >= 0.3 is 0 Å². The fourth-order valence-corrected chi connectivity index (χ4v) is 0.538. The number of nitrogens with one attached hydrogen (secondary N) is 1. The zero-order valence-electron chi connectivity index (χ0n) is 5.80. The molecule has 0 spiro atoms. The highest BCUT2D eigenvalue weighted by molar-refractivity contribution is 4.49. The second-order valence-corrected chi connectivity index (χ2v) is 1.98. The third kappa shape index (κ3) is 5.72. The van der Waals surface area contributed by atoms with Crippen LogP contribution < -0.4 is 11.3 Å². The fourth-order valence-electron chi connectivity index (χ4n) is 0.538. The lowest BCUT2D eigenvalue weighted by molar-refractivity contribution is 0.222. The highest BCUT2D eigenvalue weighted by atomic mass is 16.3. The lowest BCUT2D eigenvalue weighted by atomic mass is 10.5. The number of hydrazine groups is 1. The summed E-state index contributed by atoms with van der Waals surface area (Å²) in [6.45, 7) is 2.55. The van der Waals surface area contributed by atoms with E-state index < -0.39 is 0 Å². The summed E-state index contributed by atoms with van der Waals surface area (Å²) in [7, 11) is 1.94. The van der Waals surface area contributed by atoms with Gasteiger partial charge in [0, 0.05) is 19.6 Å². The molecule has 9 heavy (non-hydrogen) atoms. The molecule has 0 bridgehead atoms. The summed E-state index contributed by atoms with van der Waals surface area (Å²) in [5, 5.41) is 8.44. The Morgan fingerprint density at radius 2 is 2.22 bits per heavy atom. The summed E-state index contributed by atoms with van der Waals surface area (Å²) >= 11 is 0. The highest BCUT2D eigenvalue weighted by Crippen LogP contribution is 1.76. The van der Waals surface area contributed by atoms with Crippen molar-refractivity contribution in [2.45, 2.75) is 0 Å². The van der Waals surface area contributed by atoms with E-state index in [0.29, 0.717) is 6.54 Å². The first kappa shape index (κ1) is 8.84. The average molecular weight is 133 g/mol. The van der Waals surface area contributed by atoms with Crippen LogP contribution in [-0.2, 0) is 0 Å². The first-order valence-electron chi connectivity index (χ1n) is 3.04. The van der Waals surface area contributed by atoms with Crippen molar-refractivity contribution < 1.29 is 5.11 Å². The Labute approximate surface area is 55.6 Å². The van der Waals surface area contributed by atoms with E-state index in [2.05, 4.69) is 5.43 Å². The second kappa shape index (κ2) is 5.97. The largest absolute Gasteiger partial charge is 0.395 e. The van der Waals surface area contributed by atoms with Gasteiger partial charge in [-0.25, -0.2) is 0 Å². The molecule has 0 rings (SSSR count). The Morgan fingerprint density at radius 1 is 1.56 bits per heavy atom. The zero-order valence-corrected chi connectivity index (χ0v) is 5.80. The third-order valence-corrected chi connectivity index (χ3v) is 1.12. The summed E-state index contributed by atoms with van der Waals surface area (Å²) in [5.74, 6) is 5.03. The van der Waals surface area contributed by atoms with E-state index in [1.54, 1.807) is 0 Å². The maximum absolute atomic E-state index is 8.44. The minimum atomic E-state index is 0.209. The van der Waals surface area contributed by atoms with Crippen LogP contribution in [0.25, 0.3) is 0 Å². The molecule has 0 atom stereocenters. The molecule has 0 aliphatic carbocycles. The molecule has 0 saturated carbocycles. The van der Waals surface area contributed by atoms with E-state index in [1.165, 1.54) is 0 Å². The van der Waals surface area contributed by atoms with Crippen molar-refractivity contribution in [2.24, 2.45) is 5.84 Å². The number of hydrogen-bond donors (Lipinski definition) is 3. The molecule has 0 fully saturated rings. The first-order chi connectivity index (χ1) is 4.31. The van der Waals surface area contributed by atoms with E-state index in [4.69, 9.17) is 10.9 Å². The smallest absolute Gasteiger partial charge is 0.0558 e. The number of likely N-dealkylation sites (N-methyl/N-ethyl adjacent to an activating group) is 1. The molecule has 0 unspecified atom stereocenters. The number of hydrogen-bond acceptors (Lipinski definition) is 4. The summed E-state index contributed by atoms with van der Waals surface area (Å²) in [5.41, 5.74) is 2.53. The molecule has 0 aliphatic rings. The van der Waals surface area contributed by atoms with Crippen molar-refractivity contribution in [1.29, 1.82) is 0 Å². The molecule has 0 amide bonds. The summed E-state index contributed by atoms with van der Waals surface area (Å²) in [6, 6.07) is 0. The Bertz CT molecular complexity index is 60.2. The van der Waals surface area contributed by atoms with Crippen molar-refractivity contribution in [2.75, 3.05) is 33.3 Å². The average Bonchev–Trinajstić information content (AvgIpc) is 1.85. The van der Waals surface area contributed by atoms with Crippen LogP contribution >= 0.6 is 0 Å². The molecule has 0 heterocycles. The third-order valence-electron chi connectivity index (χ3n) is 1.12. The maximum atomic E-state index is 8.44. The van der Waals surface area contributed by atoms with Gasteiger partial charge < -0.3 is 10.0 Å². The van der Waals surface area contributed by atoms with Gasteiger partial charge in [-0.05, 0) is 7.05 Å². The predicted octanol–water partition coefficient (Wildman–Crippen LogP) is -1.63. The highest BCUT2D eigenvalue weighted by Gasteiger charge is 1.92. The molecular formula is C5H15N3O. The van der Waals surface area contributed by atoms with Crippen LogP contribution in [0.4, 0.5) is 0 Å². The summed E-state index contributed by atoms with van der Waals surface area (Å²) in [6.07, 6.45) is 0. The van der Waals surface area contributed by atoms with Crippen LogP contribution in [0.15, 0.2) is 0 Å². The molecule has 56 valence electrons. The molecule has 0 aliphatic heterocycles. The maximum Gasteiger partial charge on any atom is 0.0558 e. The van der Waals surface area contributed by atoms with Crippen molar-refractivity contribution in [3.05, 3.63) is 0 Å². The van der Waals surface area contributed by atoms with E-state index in [0.717, 1.165) is 13.1 Å². The van der Waals surface area contributed by atoms with Crippen LogP contribution in [0.1, 0.15) is 0 Å². The molecule has 4 nitrogen and oxygen atoms in total. The molecule has 0 aromatic heterocycles. The molecule has 0 radical (unpaired) electrons. The van der Waals surface area contributed by atoms with Crippen LogP contribution in [0.3, 0.4) is 0 Å². The van der Waals surface area contributed by atoms with Crippen LogP contribution in [-0.4, -0.2) is 43.3 Å². The lowest BCUT2D eigenvalue weighted by Gasteiger charge is -2.13. The van der Waals surface area contributed by atoms with Gasteiger partial charge in [-0.2, -0.15) is 0 Å². The molecule has 4 heteroatoms. The number of aliphatic hydroxyl groups is 1. The predicted molar refractivity (Wildman–Crippen MR) is 36.8 cm³/mol. The fraction of sp³-hybridized carbons (Fsp3) is 1.00. The summed E-state index contributed by atoms with van der Waals surface area (Å²) in [4.78, 5) is 2.00. The summed E-state index contributed by atoms with van der Waals surface area (Å²) < 4.78 is 0. The van der Waals surface area contributed by atoms with E-state index in [1.807, 2.05) is 11.9 Å². The minimum absolute atomic E-state index is 0.209. The number of nitrogens with zero attached hydrogens (tertiary/aromatic N) is 1. The number of rotatable bonds is 5. The molecule has 0 aromatic rings. The molecule has 0 saturated heterocycles. The molecule has 4 N–H and O–H groups in total. The van der Waals surface area contributed by atoms with Crippen LogP contribution in [0.2, 0.25) is 0 Å². The van der Waals surface area contributed by atoms with Crippen molar-refractivity contribution >= 4 is 0 Å². The minimum Gasteiger partial charge on any atom is -0.395 e. The SMILES string of the molecule is CN(CCO)CCNN. The number of aliphatic hydroxyl groups excluding tert-OH is 1. The first-order valence-corrected chi connectivity index (χ1v) is 3.04. The Balaban J connectivity index is 2.95.